The molecule has 1 heterocycles. The average molecular weight is 515 g/mol. The first-order valence-corrected chi connectivity index (χ1v) is 13.4. The quantitative estimate of drug-likeness (QED) is 0.346. The van der Waals surface area contributed by atoms with E-state index >= 15 is 0 Å². The van der Waals surface area contributed by atoms with Gasteiger partial charge in [-0.05, 0) is 78.9 Å². The van der Waals surface area contributed by atoms with Gasteiger partial charge in [0.15, 0.2) is 0 Å². The van der Waals surface area contributed by atoms with Gasteiger partial charge >= 0.3 is 0 Å². The first-order chi connectivity index (χ1) is 16.4. The second-order valence-corrected chi connectivity index (χ2v) is 10.9. The highest BCUT2D eigenvalue weighted by Gasteiger charge is 2.39. The van der Waals surface area contributed by atoms with Crippen molar-refractivity contribution in [2.45, 2.75) is 30.2 Å². The van der Waals surface area contributed by atoms with Crippen molar-refractivity contribution in [2.24, 2.45) is 5.92 Å². The molecule has 1 aliphatic heterocycles. The lowest BCUT2D eigenvalue weighted by molar-refractivity contribution is 0.340. The maximum atomic E-state index is 13.1. The Morgan fingerprint density at radius 3 is 2.62 bits per heavy atom. The Morgan fingerprint density at radius 2 is 1.85 bits per heavy atom. The minimum atomic E-state index is -3.76. The first-order valence-electron chi connectivity index (χ1n) is 11.1. The molecule has 0 fully saturated rings. The Hall–Kier alpha value is -2.67. The monoisotopic (exact) mass is 514 g/mol. The molecule has 5 rings (SSSR count). The molecule has 3 aromatic carbocycles. The summed E-state index contributed by atoms with van der Waals surface area (Å²) in [7, 11) is -3.76. The van der Waals surface area contributed by atoms with E-state index in [4.69, 9.17) is 27.9 Å². The second-order valence-electron chi connectivity index (χ2n) is 8.43. The number of benzene rings is 3. The van der Waals surface area contributed by atoms with Gasteiger partial charge in [-0.25, -0.2) is 8.42 Å². The molecule has 5 nitrogen and oxygen atoms in total. The summed E-state index contributed by atoms with van der Waals surface area (Å²) in [5, 5.41) is 4.66. The third-order valence-corrected chi connectivity index (χ3v) is 8.59. The molecule has 0 radical (unpaired) electrons. The molecule has 1 aliphatic carbocycles. The second kappa shape index (κ2) is 9.17. The van der Waals surface area contributed by atoms with E-state index in [0.29, 0.717) is 28.1 Å². The number of halogens is 2. The van der Waals surface area contributed by atoms with Crippen molar-refractivity contribution >= 4 is 44.6 Å². The van der Waals surface area contributed by atoms with Crippen LogP contribution in [0.4, 0.5) is 11.4 Å². The van der Waals surface area contributed by atoms with Crippen LogP contribution in [0.15, 0.2) is 77.7 Å². The van der Waals surface area contributed by atoms with Crippen LogP contribution in [0.2, 0.25) is 10.0 Å². The van der Waals surface area contributed by atoms with Crippen LogP contribution < -0.4 is 14.8 Å². The van der Waals surface area contributed by atoms with Crippen molar-refractivity contribution in [1.82, 2.24) is 0 Å². The maximum Gasteiger partial charge on any atom is 0.261 e. The minimum Gasteiger partial charge on any atom is -0.494 e. The highest BCUT2D eigenvalue weighted by molar-refractivity contribution is 7.92. The van der Waals surface area contributed by atoms with Crippen LogP contribution in [0.1, 0.15) is 36.4 Å². The van der Waals surface area contributed by atoms with E-state index in [1.54, 1.807) is 42.5 Å². The standard InChI is InChI=1S/C26H24Cl2N2O3S/c1-2-33-17-11-9-16(10-12-17)30-34(31,32)18-13-14-24-22(15-18)19-5-3-6-20(19)26(29-24)21-7-4-8-23(27)25(21)28/h3-5,7-15,19-20,26,29-30H,2,6H2,1H3. The molecule has 3 atom stereocenters. The van der Waals surface area contributed by atoms with Crippen molar-refractivity contribution in [3.63, 3.8) is 0 Å². The maximum absolute atomic E-state index is 13.1. The van der Waals surface area contributed by atoms with Crippen LogP contribution in [-0.4, -0.2) is 15.0 Å². The van der Waals surface area contributed by atoms with Crippen LogP contribution in [-0.2, 0) is 10.0 Å². The summed E-state index contributed by atoms with van der Waals surface area (Å²) >= 11 is 12.8. The van der Waals surface area contributed by atoms with Crippen LogP contribution in [0.3, 0.4) is 0 Å². The highest BCUT2D eigenvalue weighted by Crippen LogP contribution is 2.51. The number of hydrogen-bond acceptors (Lipinski definition) is 4. The summed E-state index contributed by atoms with van der Waals surface area (Å²) in [6, 6.07) is 17.7. The van der Waals surface area contributed by atoms with Gasteiger partial charge in [0.05, 0.1) is 27.6 Å². The van der Waals surface area contributed by atoms with Crippen molar-refractivity contribution in [3.8, 4) is 5.75 Å². The Bertz CT molecular complexity index is 1360. The van der Waals surface area contributed by atoms with Gasteiger partial charge in [-0.15, -0.1) is 0 Å². The molecule has 0 saturated heterocycles. The fourth-order valence-electron chi connectivity index (χ4n) is 4.81. The van der Waals surface area contributed by atoms with Gasteiger partial charge in [0, 0.05) is 17.3 Å². The number of sulfonamides is 1. The van der Waals surface area contributed by atoms with Gasteiger partial charge < -0.3 is 10.1 Å². The molecule has 8 heteroatoms. The fourth-order valence-corrected chi connectivity index (χ4v) is 6.33. The molecular formula is C26H24Cl2N2O3S. The number of rotatable bonds is 6. The Labute approximate surface area is 209 Å². The molecule has 3 aromatic rings. The normalized spacial score (nSPS) is 20.9. The van der Waals surface area contributed by atoms with E-state index in [1.807, 2.05) is 25.1 Å². The number of nitrogens with one attached hydrogen (secondary N) is 2. The zero-order valence-corrected chi connectivity index (χ0v) is 20.8. The molecule has 0 bridgehead atoms. The highest BCUT2D eigenvalue weighted by atomic mass is 35.5. The lowest BCUT2D eigenvalue weighted by Gasteiger charge is -2.38. The largest absolute Gasteiger partial charge is 0.494 e. The summed E-state index contributed by atoms with van der Waals surface area (Å²) in [4.78, 5) is 0.222. The fraction of sp³-hybridized carbons (Fsp3) is 0.231. The summed E-state index contributed by atoms with van der Waals surface area (Å²) in [5.41, 5.74) is 3.29. The molecule has 2 aliphatic rings. The Kier molecular flexibility index (Phi) is 6.23. The molecule has 3 unspecified atom stereocenters. The molecule has 0 amide bonds. The van der Waals surface area contributed by atoms with Crippen molar-refractivity contribution in [2.75, 3.05) is 16.6 Å². The SMILES string of the molecule is CCOc1ccc(NS(=O)(=O)c2ccc3c(c2)C2C=CCC2C(c2cccc(Cl)c2Cl)N3)cc1. The predicted octanol–water partition coefficient (Wildman–Crippen LogP) is 7.02. The number of hydrogen-bond donors (Lipinski definition) is 2. The van der Waals surface area contributed by atoms with Gasteiger partial charge in [-0.1, -0.05) is 47.5 Å². The number of allylic oxidation sites excluding steroid dienone is 2. The summed E-state index contributed by atoms with van der Waals surface area (Å²) in [6.07, 6.45) is 5.18. The molecule has 34 heavy (non-hydrogen) atoms. The van der Waals surface area contributed by atoms with Crippen LogP contribution in [0.25, 0.3) is 0 Å². The molecule has 2 N–H and O–H groups in total. The summed E-state index contributed by atoms with van der Waals surface area (Å²) in [5.74, 6) is 0.983. The van der Waals surface area contributed by atoms with Gasteiger partial charge in [0.1, 0.15) is 5.75 Å². The third-order valence-electron chi connectivity index (χ3n) is 6.38. The molecule has 0 spiro atoms. The lowest BCUT2D eigenvalue weighted by atomic mass is 9.77. The zero-order valence-electron chi connectivity index (χ0n) is 18.5. The number of fused-ring (bicyclic) bond motifs is 3. The summed E-state index contributed by atoms with van der Waals surface area (Å²) < 4.78 is 34.4. The summed E-state index contributed by atoms with van der Waals surface area (Å²) in [6.45, 7) is 2.45. The lowest BCUT2D eigenvalue weighted by Crippen LogP contribution is -2.29. The van der Waals surface area contributed by atoms with Gasteiger partial charge in [-0.3, -0.25) is 4.72 Å². The number of anilines is 2. The molecule has 0 saturated carbocycles. The molecule has 176 valence electrons. The smallest absolute Gasteiger partial charge is 0.261 e. The van der Waals surface area contributed by atoms with E-state index in [0.717, 1.165) is 23.2 Å². The van der Waals surface area contributed by atoms with Crippen LogP contribution in [0, 0.1) is 5.92 Å². The van der Waals surface area contributed by atoms with Gasteiger partial charge in [-0.2, -0.15) is 0 Å². The van der Waals surface area contributed by atoms with E-state index in [-0.39, 0.29) is 22.8 Å². The Balaban J connectivity index is 1.45. The van der Waals surface area contributed by atoms with Crippen LogP contribution in [0.5, 0.6) is 5.75 Å². The van der Waals surface area contributed by atoms with Crippen molar-refractivity contribution in [1.29, 1.82) is 0 Å². The minimum absolute atomic E-state index is 0.0249. The van der Waals surface area contributed by atoms with Crippen LogP contribution >= 0.6 is 23.2 Å². The van der Waals surface area contributed by atoms with Crippen molar-refractivity contribution in [3.05, 3.63) is 94.0 Å². The predicted molar refractivity (Wildman–Crippen MR) is 138 cm³/mol. The molecular weight excluding hydrogens is 491 g/mol. The first kappa shape index (κ1) is 23.1. The zero-order chi connectivity index (χ0) is 23.9. The van der Waals surface area contributed by atoms with Crippen molar-refractivity contribution < 1.29 is 13.2 Å². The van der Waals surface area contributed by atoms with Gasteiger partial charge in [0.25, 0.3) is 10.0 Å². The van der Waals surface area contributed by atoms with E-state index in [2.05, 4.69) is 22.2 Å². The topological polar surface area (TPSA) is 67.4 Å². The third kappa shape index (κ3) is 4.26. The van der Waals surface area contributed by atoms with E-state index in [1.165, 1.54) is 0 Å². The number of ether oxygens (including phenoxy) is 1. The Morgan fingerprint density at radius 1 is 1.06 bits per heavy atom. The van der Waals surface area contributed by atoms with Gasteiger partial charge in [0.2, 0.25) is 0 Å². The van der Waals surface area contributed by atoms with E-state index < -0.39 is 10.0 Å². The average Bonchev–Trinajstić information content (AvgIpc) is 3.32. The molecule has 0 aromatic heterocycles. The van der Waals surface area contributed by atoms with E-state index in [9.17, 15) is 8.42 Å².